The molecule has 1 unspecified atom stereocenters. The van der Waals surface area contributed by atoms with Crippen LogP contribution in [0.5, 0.6) is 17.2 Å². The van der Waals surface area contributed by atoms with E-state index in [0.29, 0.717) is 56.5 Å². The summed E-state index contributed by atoms with van der Waals surface area (Å²) in [5.41, 5.74) is 4.68. The molecule has 4 aromatic rings. The van der Waals surface area contributed by atoms with Crippen LogP contribution in [0.2, 0.25) is 10.0 Å². The Labute approximate surface area is 321 Å². The number of ether oxygens (including phenoxy) is 3. The molecule has 1 aliphatic heterocycles. The van der Waals surface area contributed by atoms with Gasteiger partial charge in [-0.05, 0) is 80.5 Å². The summed E-state index contributed by atoms with van der Waals surface area (Å²) in [4.78, 5) is 6.52. The fourth-order valence-corrected chi connectivity index (χ4v) is 6.83. The van der Waals surface area contributed by atoms with E-state index in [1.807, 2.05) is 43.3 Å². The molecule has 1 atom stereocenters. The van der Waals surface area contributed by atoms with E-state index in [4.69, 9.17) is 37.4 Å². The van der Waals surface area contributed by atoms with Gasteiger partial charge < -0.3 is 39.7 Å². The van der Waals surface area contributed by atoms with Crippen molar-refractivity contribution < 1.29 is 29.5 Å². The molecule has 0 radical (unpaired) electrons. The molecule has 0 amide bonds. The number of hydrogen-bond acceptors (Lipinski definition) is 10. The zero-order valence-corrected chi connectivity index (χ0v) is 31.8. The quantitative estimate of drug-likeness (QED) is 0.0810. The molecule has 10 nitrogen and oxygen atoms in total. The minimum Gasteiger partial charge on any atom is -0.492 e. The first kappa shape index (κ1) is 40.3. The number of nitrogens with zero attached hydrogens (tertiary/aromatic N) is 3. The number of pyridine rings is 1. The molecule has 5 rings (SSSR count). The lowest BCUT2D eigenvalue weighted by Crippen LogP contribution is -2.48. The third-order valence-corrected chi connectivity index (χ3v) is 10.3. The Morgan fingerprint density at radius 2 is 1.72 bits per heavy atom. The van der Waals surface area contributed by atoms with Gasteiger partial charge in [0.05, 0.1) is 41.0 Å². The van der Waals surface area contributed by atoms with Crippen molar-refractivity contribution >= 4 is 23.2 Å². The van der Waals surface area contributed by atoms with Crippen molar-refractivity contribution in [2.45, 2.75) is 58.4 Å². The highest BCUT2D eigenvalue weighted by Crippen LogP contribution is 2.39. The number of aliphatic hydroxyl groups excluding tert-OH is 3. The molecule has 1 aliphatic rings. The highest BCUT2D eigenvalue weighted by molar-refractivity contribution is 6.35. The number of halogens is 2. The monoisotopic (exact) mass is 762 g/mol. The van der Waals surface area contributed by atoms with Gasteiger partial charge in [-0.25, -0.2) is 0 Å². The zero-order valence-electron chi connectivity index (χ0n) is 30.3. The maximum absolute atomic E-state index is 9.80. The molecule has 1 aromatic heterocycles. The molecule has 12 heteroatoms. The van der Waals surface area contributed by atoms with Crippen molar-refractivity contribution in [2.75, 3.05) is 46.1 Å². The number of nitrogens with one attached hydrogen (secondary N) is 1. The van der Waals surface area contributed by atoms with Gasteiger partial charge in [0.2, 0.25) is 0 Å². The Balaban J connectivity index is 1.29. The van der Waals surface area contributed by atoms with Crippen molar-refractivity contribution in [1.82, 2.24) is 15.2 Å². The van der Waals surface area contributed by atoms with E-state index in [9.17, 15) is 20.6 Å². The normalized spacial score (nSPS) is 14.9. The molecule has 1 saturated heterocycles. The number of benzene rings is 3. The maximum Gasteiger partial charge on any atom is 0.142 e. The van der Waals surface area contributed by atoms with E-state index >= 15 is 0 Å². The molecule has 0 bridgehead atoms. The lowest BCUT2D eigenvalue weighted by molar-refractivity contribution is 0.103. The third kappa shape index (κ3) is 10.8. The Bertz CT molecular complexity index is 1870. The van der Waals surface area contributed by atoms with Crippen LogP contribution >= 0.6 is 23.2 Å². The van der Waals surface area contributed by atoms with Gasteiger partial charge in [-0.15, -0.1) is 0 Å². The van der Waals surface area contributed by atoms with Gasteiger partial charge in [0.25, 0.3) is 0 Å². The molecule has 282 valence electrons. The second kappa shape index (κ2) is 19.4. The third-order valence-electron chi connectivity index (χ3n) is 9.66. The van der Waals surface area contributed by atoms with Crippen LogP contribution in [0, 0.1) is 24.2 Å². The van der Waals surface area contributed by atoms with Gasteiger partial charge in [-0.2, -0.15) is 5.26 Å². The fraction of sp³-hybridized carbons (Fsp3) is 0.415. The molecule has 4 N–H and O–H groups in total. The summed E-state index contributed by atoms with van der Waals surface area (Å²) in [6.45, 7) is 7.52. The zero-order chi connectivity index (χ0) is 37.8. The van der Waals surface area contributed by atoms with Crippen LogP contribution in [0.4, 0.5) is 0 Å². The summed E-state index contributed by atoms with van der Waals surface area (Å²) >= 11 is 13.7. The Morgan fingerprint density at radius 1 is 0.943 bits per heavy atom. The average molecular weight is 764 g/mol. The topological polar surface area (TPSA) is 140 Å². The fourth-order valence-electron chi connectivity index (χ4n) is 6.31. The van der Waals surface area contributed by atoms with Gasteiger partial charge in [0.1, 0.15) is 36.5 Å². The first-order valence-corrected chi connectivity index (χ1v) is 18.6. The highest BCUT2D eigenvalue weighted by atomic mass is 35.5. The predicted molar refractivity (Wildman–Crippen MR) is 206 cm³/mol. The van der Waals surface area contributed by atoms with Crippen molar-refractivity contribution in [3.8, 4) is 34.4 Å². The molecule has 0 spiro atoms. The predicted octanol–water partition coefficient (Wildman–Crippen LogP) is 6.70. The minimum absolute atomic E-state index is 0.141. The summed E-state index contributed by atoms with van der Waals surface area (Å²) < 4.78 is 18.7. The number of aromatic nitrogens is 1. The number of piperidine rings is 1. The molecule has 0 saturated carbocycles. The van der Waals surface area contributed by atoms with Gasteiger partial charge in [0.15, 0.2) is 0 Å². The van der Waals surface area contributed by atoms with Crippen LogP contribution in [-0.4, -0.2) is 76.8 Å². The summed E-state index contributed by atoms with van der Waals surface area (Å²) in [6.07, 6.45) is 6.20. The van der Waals surface area contributed by atoms with Gasteiger partial charge in [0, 0.05) is 61.4 Å². The smallest absolute Gasteiger partial charge is 0.142 e. The second-order valence-corrected chi connectivity index (χ2v) is 14.6. The van der Waals surface area contributed by atoms with Gasteiger partial charge in [-0.3, -0.25) is 4.98 Å². The SMILES string of the molecule is Cc1c(COc2cc(OCc3cncc(C#N)c3)c(CNC(C)(CO)CO)cc2Cl)cccc1-c1cccc(OCCCN2CCCC(CO)C2)c1Cl. The lowest BCUT2D eigenvalue weighted by Gasteiger charge is -2.31. The van der Waals surface area contributed by atoms with Gasteiger partial charge >= 0.3 is 0 Å². The molecule has 1 fully saturated rings. The van der Waals surface area contributed by atoms with Crippen LogP contribution in [0.15, 0.2) is 67.0 Å². The Morgan fingerprint density at radius 3 is 2.49 bits per heavy atom. The van der Waals surface area contributed by atoms with E-state index in [1.54, 1.807) is 31.3 Å². The molecular weight excluding hydrogens is 715 g/mol. The van der Waals surface area contributed by atoms with E-state index in [2.05, 4.69) is 21.3 Å². The van der Waals surface area contributed by atoms with Crippen LogP contribution in [0.1, 0.15) is 54.0 Å². The number of aliphatic hydroxyl groups is 3. The lowest BCUT2D eigenvalue weighted by atomic mass is 9.96. The summed E-state index contributed by atoms with van der Waals surface area (Å²) in [7, 11) is 0. The largest absolute Gasteiger partial charge is 0.492 e. The Hall–Kier alpha value is -3.92. The van der Waals surface area contributed by atoms with Crippen molar-refractivity contribution in [1.29, 1.82) is 5.26 Å². The molecule has 2 heterocycles. The first-order valence-electron chi connectivity index (χ1n) is 17.9. The second-order valence-electron chi connectivity index (χ2n) is 13.8. The summed E-state index contributed by atoms with van der Waals surface area (Å²) in [6, 6.07) is 19.1. The number of hydrogen-bond donors (Lipinski definition) is 4. The number of likely N-dealkylation sites (tertiary alicyclic amines) is 1. The van der Waals surface area contributed by atoms with Crippen molar-refractivity contribution in [3.63, 3.8) is 0 Å². The standard InChI is InChI=1S/C41H48Cl2N4O6/c1-28-32(8-3-9-34(28)35-10-4-11-37(40(35)43)51-14-6-13-47-12-5-7-29(22-47)23-48)25-53-39-17-38(52-24-31-15-30(18-44)19-45-20-31)33(16-36(39)42)21-46-41(2,26-49)27-50/h3-4,8-11,15-17,19-20,29,46,48-50H,5-7,12-14,21-27H2,1-2H3. The van der Waals surface area contributed by atoms with Gasteiger partial charge in [-0.1, -0.05) is 53.5 Å². The van der Waals surface area contributed by atoms with E-state index in [0.717, 1.165) is 61.2 Å². The van der Waals surface area contributed by atoms with Crippen LogP contribution in [0.3, 0.4) is 0 Å². The molecule has 53 heavy (non-hydrogen) atoms. The van der Waals surface area contributed by atoms with Crippen LogP contribution in [-0.2, 0) is 19.8 Å². The number of rotatable bonds is 18. The first-order chi connectivity index (χ1) is 25.7. The van der Waals surface area contributed by atoms with Crippen LogP contribution in [0.25, 0.3) is 11.1 Å². The highest BCUT2D eigenvalue weighted by Gasteiger charge is 2.23. The number of nitriles is 1. The van der Waals surface area contributed by atoms with E-state index < -0.39 is 5.54 Å². The average Bonchev–Trinajstić information content (AvgIpc) is 3.19. The molecule has 0 aliphatic carbocycles. The van der Waals surface area contributed by atoms with Crippen LogP contribution < -0.4 is 19.5 Å². The maximum atomic E-state index is 9.80. The molecule has 3 aromatic carbocycles. The molecular formula is C41H48Cl2N4O6. The summed E-state index contributed by atoms with van der Waals surface area (Å²) in [5, 5.41) is 42.5. The van der Waals surface area contributed by atoms with Crippen molar-refractivity contribution in [2.24, 2.45) is 5.92 Å². The van der Waals surface area contributed by atoms with Crippen molar-refractivity contribution in [3.05, 3.63) is 105 Å². The van der Waals surface area contributed by atoms with E-state index in [1.165, 1.54) is 6.20 Å². The van der Waals surface area contributed by atoms with E-state index in [-0.39, 0.29) is 39.6 Å². The summed E-state index contributed by atoms with van der Waals surface area (Å²) in [5.74, 6) is 1.90. The minimum atomic E-state index is -0.917. The Kier molecular flexibility index (Phi) is 14.8.